The summed E-state index contributed by atoms with van der Waals surface area (Å²) in [6, 6.07) is 0. The molecule has 2 aromatic heterocycles. The number of aldehydes is 1. The molecule has 0 saturated carbocycles. The van der Waals surface area contributed by atoms with Crippen molar-refractivity contribution >= 4 is 28.4 Å². The standard InChI is InChI=1S/C12H17N3O2S/c1-9(2)17-6-4-14(3)11-10(8-16)15-5-7-18-12(15)13-11/h5,7-9H,4,6H2,1-3H3. The summed E-state index contributed by atoms with van der Waals surface area (Å²) in [5.74, 6) is 0.712. The molecular formula is C12H17N3O2S. The van der Waals surface area contributed by atoms with Gasteiger partial charge in [-0.2, -0.15) is 0 Å². The highest BCUT2D eigenvalue weighted by molar-refractivity contribution is 7.15. The molecular weight excluding hydrogens is 250 g/mol. The van der Waals surface area contributed by atoms with E-state index < -0.39 is 0 Å². The predicted molar refractivity (Wildman–Crippen MR) is 72.8 cm³/mol. The van der Waals surface area contributed by atoms with Gasteiger partial charge >= 0.3 is 0 Å². The average Bonchev–Trinajstić information content (AvgIpc) is 2.87. The number of ether oxygens (including phenoxy) is 1. The molecule has 0 saturated heterocycles. The quantitative estimate of drug-likeness (QED) is 0.752. The third kappa shape index (κ3) is 2.54. The van der Waals surface area contributed by atoms with Crippen LogP contribution in [-0.2, 0) is 4.74 Å². The Labute approximate surface area is 110 Å². The molecule has 0 radical (unpaired) electrons. The highest BCUT2D eigenvalue weighted by atomic mass is 32.1. The van der Waals surface area contributed by atoms with Crippen LogP contribution >= 0.6 is 11.3 Å². The van der Waals surface area contributed by atoms with E-state index in [0.717, 1.165) is 11.2 Å². The first kappa shape index (κ1) is 13.0. The molecule has 0 bridgehead atoms. The molecule has 0 spiro atoms. The van der Waals surface area contributed by atoms with Crippen molar-refractivity contribution in [2.75, 3.05) is 25.1 Å². The molecule has 0 fully saturated rings. The zero-order chi connectivity index (χ0) is 13.1. The topological polar surface area (TPSA) is 46.8 Å². The van der Waals surface area contributed by atoms with Crippen LogP contribution in [0.5, 0.6) is 0 Å². The van der Waals surface area contributed by atoms with E-state index in [4.69, 9.17) is 4.74 Å². The van der Waals surface area contributed by atoms with E-state index in [-0.39, 0.29) is 6.10 Å². The number of hydrogen-bond donors (Lipinski definition) is 0. The van der Waals surface area contributed by atoms with Crippen LogP contribution in [0.2, 0.25) is 0 Å². The van der Waals surface area contributed by atoms with E-state index in [0.29, 0.717) is 24.7 Å². The molecule has 0 unspecified atom stereocenters. The third-order valence-electron chi connectivity index (χ3n) is 2.63. The van der Waals surface area contributed by atoms with Crippen molar-refractivity contribution in [3.8, 4) is 0 Å². The predicted octanol–water partition coefficient (Wildman–Crippen LogP) is 2.07. The van der Waals surface area contributed by atoms with Crippen molar-refractivity contribution in [1.82, 2.24) is 9.38 Å². The molecule has 18 heavy (non-hydrogen) atoms. The lowest BCUT2D eigenvalue weighted by molar-refractivity contribution is 0.0845. The fourth-order valence-electron chi connectivity index (χ4n) is 1.71. The van der Waals surface area contributed by atoms with Gasteiger partial charge in [0.25, 0.3) is 0 Å². The molecule has 0 aliphatic heterocycles. The van der Waals surface area contributed by atoms with Crippen molar-refractivity contribution in [3.05, 3.63) is 17.3 Å². The van der Waals surface area contributed by atoms with Crippen molar-refractivity contribution in [1.29, 1.82) is 0 Å². The first-order valence-corrected chi connectivity index (χ1v) is 6.75. The Balaban J connectivity index is 2.14. The summed E-state index contributed by atoms with van der Waals surface area (Å²) in [6.07, 6.45) is 2.93. The number of rotatable bonds is 6. The minimum Gasteiger partial charge on any atom is -0.377 e. The molecule has 0 aromatic carbocycles. The number of anilines is 1. The number of imidazole rings is 1. The van der Waals surface area contributed by atoms with Crippen LogP contribution in [0.4, 0.5) is 5.82 Å². The Hall–Kier alpha value is -1.40. The number of aromatic nitrogens is 2. The van der Waals surface area contributed by atoms with Gasteiger partial charge in [-0.3, -0.25) is 9.20 Å². The summed E-state index contributed by atoms with van der Waals surface area (Å²) in [6.45, 7) is 5.34. The van der Waals surface area contributed by atoms with Crippen molar-refractivity contribution < 1.29 is 9.53 Å². The van der Waals surface area contributed by atoms with Gasteiger partial charge in [0.15, 0.2) is 17.1 Å². The van der Waals surface area contributed by atoms with E-state index in [2.05, 4.69) is 4.98 Å². The number of carbonyl (C=O) groups excluding carboxylic acids is 1. The van der Waals surface area contributed by atoms with Crippen molar-refractivity contribution in [2.24, 2.45) is 0 Å². The molecule has 0 atom stereocenters. The van der Waals surface area contributed by atoms with Crippen molar-refractivity contribution in [2.45, 2.75) is 20.0 Å². The summed E-state index contributed by atoms with van der Waals surface area (Å²) in [7, 11) is 1.92. The Morgan fingerprint density at radius 3 is 3.06 bits per heavy atom. The normalized spacial score (nSPS) is 11.3. The molecule has 2 rings (SSSR count). The molecule has 6 heteroatoms. The molecule has 2 heterocycles. The maximum Gasteiger partial charge on any atom is 0.196 e. The molecule has 5 nitrogen and oxygen atoms in total. The highest BCUT2D eigenvalue weighted by Crippen LogP contribution is 2.22. The van der Waals surface area contributed by atoms with E-state index >= 15 is 0 Å². The van der Waals surface area contributed by atoms with Gasteiger partial charge in [0.1, 0.15) is 5.69 Å². The number of nitrogens with zero attached hydrogens (tertiary/aromatic N) is 3. The first-order valence-electron chi connectivity index (χ1n) is 5.87. The first-order chi connectivity index (χ1) is 8.63. The minimum atomic E-state index is 0.217. The zero-order valence-electron chi connectivity index (χ0n) is 10.8. The Kier molecular flexibility index (Phi) is 3.98. The van der Waals surface area contributed by atoms with E-state index in [1.165, 1.54) is 11.3 Å². The highest BCUT2D eigenvalue weighted by Gasteiger charge is 2.15. The number of hydrogen-bond acceptors (Lipinski definition) is 5. The number of fused-ring (bicyclic) bond motifs is 1. The van der Waals surface area contributed by atoms with Crippen LogP contribution in [0.3, 0.4) is 0 Å². The maximum atomic E-state index is 11.2. The Morgan fingerprint density at radius 2 is 2.39 bits per heavy atom. The van der Waals surface area contributed by atoms with Crippen LogP contribution in [0, 0.1) is 0 Å². The van der Waals surface area contributed by atoms with Gasteiger partial charge < -0.3 is 9.64 Å². The van der Waals surface area contributed by atoms with E-state index in [1.54, 1.807) is 0 Å². The molecule has 0 aliphatic rings. The second-order valence-electron chi connectivity index (χ2n) is 4.34. The largest absolute Gasteiger partial charge is 0.377 e. The third-order valence-corrected chi connectivity index (χ3v) is 3.39. The molecule has 0 amide bonds. The van der Waals surface area contributed by atoms with Crippen LogP contribution < -0.4 is 4.90 Å². The molecule has 0 aliphatic carbocycles. The lowest BCUT2D eigenvalue weighted by atomic mass is 10.4. The maximum absolute atomic E-state index is 11.2. The van der Waals surface area contributed by atoms with Gasteiger partial charge in [0.05, 0.1) is 12.7 Å². The fourth-order valence-corrected chi connectivity index (χ4v) is 2.43. The number of likely N-dealkylation sites (N-methyl/N-ethyl adjacent to an activating group) is 1. The molecule has 0 N–H and O–H groups in total. The van der Waals surface area contributed by atoms with Crippen LogP contribution in [0.15, 0.2) is 11.6 Å². The van der Waals surface area contributed by atoms with Crippen LogP contribution in [0.25, 0.3) is 4.96 Å². The summed E-state index contributed by atoms with van der Waals surface area (Å²) in [5.41, 5.74) is 0.596. The fraction of sp³-hybridized carbons (Fsp3) is 0.500. The van der Waals surface area contributed by atoms with Gasteiger partial charge in [-0.15, -0.1) is 11.3 Å². The summed E-state index contributed by atoms with van der Waals surface area (Å²) >= 11 is 1.52. The lowest BCUT2D eigenvalue weighted by Gasteiger charge is -2.17. The Bertz CT molecular complexity index is 532. The van der Waals surface area contributed by atoms with E-state index in [9.17, 15) is 4.79 Å². The average molecular weight is 267 g/mol. The summed E-state index contributed by atoms with van der Waals surface area (Å²) in [4.78, 5) is 18.4. The smallest absolute Gasteiger partial charge is 0.196 e. The van der Waals surface area contributed by atoms with Crippen molar-refractivity contribution in [3.63, 3.8) is 0 Å². The second kappa shape index (κ2) is 5.49. The molecule has 98 valence electrons. The van der Waals surface area contributed by atoms with E-state index in [1.807, 2.05) is 41.8 Å². The Morgan fingerprint density at radius 1 is 1.61 bits per heavy atom. The van der Waals surface area contributed by atoms with Gasteiger partial charge in [-0.1, -0.05) is 0 Å². The minimum absolute atomic E-state index is 0.217. The monoisotopic (exact) mass is 267 g/mol. The van der Waals surface area contributed by atoms with Crippen LogP contribution in [0.1, 0.15) is 24.3 Å². The molecule has 2 aromatic rings. The lowest BCUT2D eigenvalue weighted by Crippen LogP contribution is -2.25. The van der Waals surface area contributed by atoms with Gasteiger partial charge in [-0.05, 0) is 13.8 Å². The summed E-state index contributed by atoms with van der Waals surface area (Å²) < 4.78 is 7.31. The van der Waals surface area contributed by atoms with Gasteiger partial charge in [-0.25, -0.2) is 4.98 Å². The zero-order valence-corrected chi connectivity index (χ0v) is 11.6. The van der Waals surface area contributed by atoms with Gasteiger partial charge in [0, 0.05) is 25.2 Å². The second-order valence-corrected chi connectivity index (χ2v) is 5.21. The number of thiazole rings is 1. The number of carbonyl (C=O) groups is 1. The SMILES string of the molecule is CC(C)OCCN(C)c1nc2sccn2c1C=O. The van der Waals surface area contributed by atoms with Gasteiger partial charge in [0.2, 0.25) is 0 Å². The van der Waals surface area contributed by atoms with Crippen LogP contribution in [-0.4, -0.2) is 42.0 Å². The summed E-state index contributed by atoms with van der Waals surface area (Å²) in [5, 5.41) is 1.92.